The number of phenolic OH excluding ortho intramolecular Hbond substituents is 1. The second-order valence-corrected chi connectivity index (χ2v) is 5.48. The summed E-state index contributed by atoms with van der Waals surface area (Å²) < 4.78 is 1.10. The molecule has 0 saturated heterocycles. The molecule has 2 aromatic carbocycles. The molecule has 0 bridgehead atoms. The Labute approximate surface area is 122 Å². The monoisotopic (exact) mass is 319 g/mol. The molecule has 0 amide bonds. The quantitative estimate of drug-likeness (QED) is 0.856. The summed E-state index contributed by atoms with van der Waals surface area (Å²) in [5.41, 5.74) is 2.46. The van der Waals surface area contributed by atoms with Gasteiger partial charge in [-0.25, -0.2) is 0 Å². The molecule has 0 spiro atoms. The van der Waals surface area contributed by atoms with Gasteiger partial charge in [-0.2, -0.15) is 0 Å². The lowest BCUT2D eigenvalue weighted by Crippen LogP contribution is -2.20. The minimum Gasteiger partial charge on any atom is -0.508 e. The van der Waals surface area contributed by atoms with Crippen LogP contribution in [-0.2, 0) is 6.54 Å². The predicted octanol–water partition coefficient (Wildman–Crippen LogP) is 4.40. The third kappa shape index (κ3) is 4.08. The number of benzene rings is 2. The topological polar surface area (TPSA) is 32.3 Å². The van der Waals surface area contributed by atoms with E-state index in [0.717, 1.165) is 17.4 Å². The average molecular weight is 320 g/mol. The van der Waals surface area contributed by atoms with E-state index in [1.807, 2.05) is 24.3 Å². The fraction of sp³-hybridized carbons (Fsp3) is 0.250. The van der Waals surface area contributed by atoms with Crippen LogP contribution in [0.15, 0.2) is 53.0 Å². The van der Waals surface area contributed by atoms with Crippen LogP contribution in [0.3, 0.4) is 0 Å². The number of hydrogen-bond donors (Lipinski definition) is 2. The van der Waals surface area contributed by atoms with Crippen molar-refractivity contribution in [2.75, 3.05) is 0 Å². The number of rotatable bonds is 5. The molecule has 0 saturated carbocycles. The van der Waals surface area contributed by atoms with E-state index in [0.29, 0.717) is 11.8 Å². The van der Waals surface area contributed by atoms with E-state index in [2.05, 4.69) is 40.3 Å². The van der Waals surface area contributed by atoms with Gasteiger partial charge >= 0.3 is 0 Å². The summed E-state index contributed by atoms with van der Waals surface area (Å²) in [6.07, 6.45) is 1.01. The van der Waals surface area contributed by atoms with Crippen LogP contribution >= 0.6 is 15.9 Å². The van der Waals surface area contributed by atoms with Gasteiger partial charge in [0.15, 0.2) is 0 Å². The molecule has 0 aliphatic heterocycles. The average Bonchev–Trinajstić information content (AvgIpc) is 2.41. The minimum absolute atomic E-state index is 0.305. The van der Waals surface area contributed by atoms with E-state index in [1.54, 1.807) is 12.1 Å². The Kier molecular flexibility index (Phi) is 5.00. The van der Waals surface area contributed by atoms with Crippen LogP contribution in [0.4, 0.5) is 0 Å². The highest BCUT2D eigenvalue weighted by molar-refractivity contribution is 9.10. The van der Waals surface area contributed by atoms with Gasteiger partial charge in [-0.3, -0.25) is 0 Å². The Morgan fingerprint density at radius 2 is 1.89 bits per heavy atom. The highest BCUT2D eigenvalue weighted by atomic mass is 79.9. The van der Waals surface area contributed by atoms with Gasteiger partial charge < -0.3 is 10.4 Å². The third-order valence-corrected chi connectivity index (χ3v) is 3.64. The van der Waals surface area contributed by atoms with Crippen molar-refractivity contribution in [1.29, 1.82) is 0 Å². The lowest BCUT2D eigenvalue weighted by molar-refractivity contribution is 0.473. The first-order chi connectivity index (χ1) is 9.19. The summed E-state index contributed by atoms with van der Waals surface area (Å²) in [6.45, 7) is 2.99. The number of halogens is 1. The normalized spacial score (nSPS) is 12.3. The van der Waals surface area contributed by atoms with Gasteiger partial charge in [-0.05, 0) is 41.8 Å². The van der Waals surface area contributed by atoms with Crippen LogP contribution in [0, 0.1) is 0 Å². The molecule has 0 heterocycles. The maximum atomic E-state index is 9.32. The summed E-state index contributed by atoms with van der Waals surface area (Å²) in [5.74, 6) is 0.311. The molecule has 1 unspecified atom stereocenters. The van der Waals surface area contributed by atoms with Crippen molar-refractivity contribution in [2.45, 2.75) is 25.9 Å². The van der Waals surface area contributed by atoms with Crippen molar-refractivity contribution in [2.24, 2.45) is 0 Å². The molecular formula is C16H18BrNO. The molecule has 100 valence electrons. The van der Waals surface area contributed by atoms with Gasteiger partial charge in [0.25, 0.3) is 0 Å². The zero-order valence-corrected chi connectivity index (χ0v) is 12.5. The highest BCUT2D eigenvalue weighted by Crippen LogP contribution is 2.20. The fourth-order valence-electron chi connectivity index (χ4n) is 2.09. The molecule has 2 aromatic rings. The number of hydrogen-bond acceptors (Lipinski definition) is 2. The summed E-state index contributed by atoms with van der Waals surface area (Å²) in [5, 5.41) is 12.9. The zero-order valence-electron chi connectivity index (χ0n) is 10.9. The molecule has 2 rings (SSSR count). The van der Waals surface area contributed by atoms with Crippen molar-refractivity contribution in [3.8, 4) is 5.75 Å². The third-order valence-electron chi connectivity index (χ3n) is 3.15. The van der Waals surface area contributed by atoms with E-state index >= 15 is 0 Å². The van der Waals surface area contributed by atoms with E-state index in [9.17, 15) is 5.11 Å². The van der Waals surface area contributed by atoms with E-state index < -0.39 is 0 Å². The number of phenols is 1. The minimum atomic E-state index is 0.305. The molecular weight excluding hydrogens is 302 g/mol. The highest BCUT2D eigenvalue weighted by Gasteiger charge is 2.08. The Hall–Kier alpha value is -1.32. The maximum absolute atomic E-state index is 9.32. The van der Waals surface area contributed by atoms with Crippen molar-refractivity contribution in [3.63, 3.8) is 0 Å². The number of aromatic hydroxyl groups is 1. The van der Waals surface area contributed by atoms with E-state index in [-0.39, 0.29) is 0 Å². The molecule has 0 aliphatic rings. The number of nitrogens with one attached hydrogen (secondary N) is 1. The Morgan fingerprint density at radius 3 is 2.53 bits per heavy atom. The first kappa shape index (κ1) is 14.1. The summed E-state index contributed by atoms with van der Waals surface area (Å²) >= 11 is 3.48. The van der Waals surface area contributed by atoms with Gasteiger partial charge in [-0.1, -0.05) is 47.1 Å². The van der Waals surface area contributed by atoms with Crippen molar-refractivity contribution >= 4 is 15.9 Å². The summed E-state index contributed by atoms with van der Waals surface area (Å²) in [6, 6.07) is 16.0. The Balaban J connectivity index is 2.01. The summed E-state index contributed by atoms with van der Waals surface area (Å²) in [4.78, 5) is 0. The second-order valence-electron chi connectivity index (χ2n) is 4.56. The fourth-order valence-corrected chi connectivity index (χ4v) is 2.54. The van der Waals surface area contributed by atoms with Crippen molar-refractivity contribution < 1.29 is 5.11 Å². The van der Waals surface area contributed by atoms with Gasteiger partial charge in [0.05, 0.1) is 0 Å². The second kappa shape index (κ2) is 6.73. The smallest absolute Gasteiger partial charge is 0.115 e. The van der Waals surface area contributed by atoms with Crippen LogP contribution in [0.5, 0.6) is 5.75 Å². The van der Waals surface area contributed by atoms with Gasteiger partial charge in [0.2, 0.25) is 0 Å². The Bertz CT molecular complexity index is 525. The van der Waals surface area contributed by atoms with Crippen LogP contribution in [0.2, 0.25) is 0 Å². The van der Waals surface area contributed by atoms with Crippen LogP contribution in [-0.4, -0.2) is 5.11 Å². The standard InChI is InChI=1S/C16H18BrNO/c1-2-16(13-6-8-15(19)9-7-13)18-11-12-4-3-5-14(17)10-12/h3-10,16,18-19H,2,11H2,1H3. The van der Waals surface area contributed by atoms with E-state index in [1.165, 1.54) is 11.1 Å². The van der Waals surface area contributed by atoms with Crippen LogP contribution in [0.25, 0.3) is 0 Å². The summed E-state index contributed by atoms with van der Waals surface area (Å²) in [7, 11) is 0. The maximum Gasteiger partial charge on any atom is 0.115 e. The van der Waals surface area contributed by atoms with Gasteiger partial charge in [-0.15, -0.1) is 0 Å². The molecule has 3 heteroatoms. The first-order valence-electron chi connectivity index (χ1n) is 6.46. The molecule has 0 aromatic heterocycles. The van der Waals surface area contributed by atoms with Crippen molar-refractivity contribution in [1.82, 2.24) is 5.32 Å². The molecule has 1 atom stereocenters. The lowest BCUT2D eigenvalue weighted by Gasteiger charge is -2.17. The van der Waals surface area contributed by atoms with E-state index in [4.69, 9.17) is 0 Å². The SMILES string of the molecule is CCC(NCc1cccc(Br)c1)c1ccc(O)cc1. The lowest BCUT2D eigenvalue weighted by atomic mass is 10.0. The molecule has 2 N–H and O–H groups in total. The molecule has 19 heavy (non-hydrogen) atoms. The largest absolute Gasteiger partial charge is 0.508 e. The van der Waals surface area contributed by atoms with Gasteiger partial charge in [0.1, 0.15) is 5.75 Å². The Morgan fingerprint density at radius 1 is 1.16 bits per heavy atom. The van der Waals surface area contributed by atoms with Gasteiger partial charge in [0, 0.05) is 17.1 Å². The van der Waals surface area contributed by atoms with Crippen LogP contribution in [0.1, 0.15) is 30.5 Å². The molecule has 0 radical (unpaired) electrons. The molecule has 2 nitrogen and oxygen atoms in total. The predicted molar refractivity (Wildman–Crippen MR) is 82.1 cm³/mol. The van der Waals surface area contributed by atoms with Crippen molar-refractivity contribution in [3.05, 3.63) is 64.1 Å². The first-order valence-corrected chi connectivity index (χ1v) is 7.25. The molecule has 0 aliphatic carbocycles. The van der Waals surface area contributed by atoms with Crippen LogP contribution < -0.4 is 5.32 Å². The molecule has 0 fully saturated rings. The zero-order chi connectivity index (χ0) is 13.7.